The maximum absolute atomic E-state index is 10.7. The Morgan fingerprint density at radius 3 is 2.57 bits per heavy atom. The van der Waals surface area contributed by atoms with Crippen molar-refractivity contribution in [3.8, 4) is 11.5 Å². The number of aromatic hydroxyl groups is 2. The van der Waals surface area contributed by atoms with Crippen LogP contribution in [0.2, 0.25) is 0 Å². The van der Waals surface area contributed by atoms with Crippen LogP contribution in [0, 0.1) is 0 Å². The number of nitrogens with one attached hydrogen (secondary N) is 2. The summed E-state index contributed by atoms with van der Waals surface area (Å²) in [4.78, 5) is 26.0. The molecule has 0 aliphatic heterocycles. The van der Waals surface area contributed by atoms with Gasteiger partial charge in [0.15, 0.2) is 23.0 Å². The minimum atomic E-state index is -0.981. The Morgan fingerprint density at radius 2 is 1.93 bits per heavy atom. The third-order valence-electron chi connectivity index (χ3n) is 4.00. The molecule has 158 valence electrons. The number of carboxylic acid groups (broad SMARTS) is 1. The Kier molecular flexibility index (Phi) is 7.92. The lowest BCUT2D eigenvalue weighted by atomic mass is 10.1. The number of phenolic OH excluding ortho intramolecular Hbond substituents is 2. The highest BCUT2D eigenvalue weighted by atomic mass is 16.4. The fourth-order valence-electron chi connectivity index (χ4n) is 2.40. The molecule has 0 amide bonds. The zero-order valence-corrected chi connectivity index (χ0v) is 17.0. The van der Waals surface area contributed by atoms with Gasteiger partial charge in [0.1, 0.15) is 11.8 Å². The first-order valence-electron chi connectivity index (χ1n) is 9.29. The van der Waals surface area contributed by atoms with E-state index in [1.54, 1.807) is 13.3 Å². The van der Waals surface area contributed by atoms with Gasteiger partial charge in [-0.15, -0.1) is 0 Å². The van der Waals surface area contributed by atoms with Gasteiger partial charge in [-0.3, -0.25) is 0 Å². The maximum atomic E-state index is 10.7. The van der Waals surface area contributed by atoms with Crippen LogP contribution in [0.4, 0.5) is 5.82 Å². The van der Waals surface area contributed by atoms with Gasteiger partial charge in [0, 0.05) is 12.1 Å². The fraction of sp³-hybridized carbons (Fsp3) is 0.238. The second-order valence-corrected chi connectivity index (χ2v) is 6.56. The van der Waals surface area contributed by atoms with Crippen LogP contribution in [0.25, 0.3) is 17.2 Å². The summed E-state index contributed by atoms with van der Waals surface area (Å²) in [5, 5.41) is 30.2. The average molecular weight is 411 g/mol. The minimum Gasteiger partial charge on any atom is -0.504 e. The summed E-state index contributed by atoms with van der Waals surface area (Å²) >= 11 is 0. The van der Waals surface area contributed by atoms with Crippen molar-refractivity contribution < 1.29 is 20.1 Å². The summed E-state index contributed by atoms with van der Waals surface area (Å²) in [5.41, 5.74) is 3.60. The van der Waals surface area contributed by atoms with Gasteiger partial charge in [-0.25, -0.2) is 19.7 Å². The molecule has 3 aromatic rings. The zero-order chi connectivity index (χ0) is 22.1. The summed E-state index contributed by atoms with van der Waals surface area (Å²) in [7, 11) is 0. The number of hydrogen-bond acceptors (Lipinski definition) is 7. The van der Waals surface area contributed by atoms with Crippen molar-refractivity contribution in [1.29, 1.82) is 0 Å². The lowest BCUT2D eigenvalue weighted by Crippen LogP contribution is -2.02. The van der Waals surface area contributed by atoms with E-state index in [2.05, 4.69) is 45.2 Å². The number of rotatable bonds is 6. The number of benzene rings is 1. The standard InChI is InChI=1S/C11H12O4.C10H13N5/c1-2-8(11(14)15)5-7-3-4-9(12)10(13)6-7;1-7(2)3-4-11-9-8-10(13-5-12-8)15-6-14-9/h3-6,12-13H,2H2,1H3,(H,14,15);3,5-6H,4H2,1-2H3,(H2,11,12,13,14,15)/b8-5+;. The Labute approximate surface area is 173 Å². The Hall–Kier alpha value is -3.88. The summed E-state index contributed by atoms with van der Waals surface area (Å²) in [5.74, 6) is -0.676. The number of aliphatic carboxylic acids is 1. The number of fused-ring (bicyclic) bond motifs is 1. The van der Waals surface area contributed by atoms with Gasteiger partial charge >= 0.3 is 5.97 Å². The van der Waals surface area contributed by atoms with Gasteiger partial charge in [0.25, 0.3) is 0 Å². The highest BCUT2D eigenvalue weighted by molar-refractivity contribution is 5.92. The lowest BCUT2D eigenvalue weighted by Gasteiger charge is -2.02. The van der Waals surface area contributed by atoms with Crippen LogP contribution in [0.5, 0.6) is 11.5 Å². The number of phenols is 2. The van der Waals surface area contributed by atoms with Crippen molar-refractivity contribution in [2.75, 3.05) is 11.9 Å². The molecule has 0 radical (unpaired) electrons. The molecular formula is C21H25N5O4. The van der Waals surface area contributed by atoms with Gasteiger partial charge in [0.05, 0.1) is 6.33 Å². The molecule has 3 rings (SSSR count). The second kappa shape index (κ2) is 10.6. The number of imidazole rings is 1. The highest BCUT2D eigenvalue weighted by Gasteiger charge is 2.05. The smallest absolute Gasteiger partial charge is 0.331 e. The molecule has 0 aliphatic rings. The molecule has 0 spiro atoms. The maximum Gasteiger partial charge on any atom is 0.331 e. The molecule has 5 N–H and O–H groups in total. The largest absolute Gasteiger partial charge is 0.504 e. The molecule has 0 saturated carbocycles. The first-order chi connectivity index (χ1) is 14.3. The van der Waals surface area contributed by atoms with Crippen LogP contribution < -0.4 is 5.32 Å². The number of carbonyl (C=O) groups is 1. The van der Waals surface area contributed by atoms with Gasteiger partial charge in [0.2, 0.25) is 0 Å². The number of nitrogens with zero attached hydrogens (tertiary/aromatic N) is 3. The van der Waals surface area contributed by atoms with Crippen molar-refractivity contribution in [1.82, 2.24) is 19.9 Å². The molecule has 30 heavy (non-hydrogen) atoms. The monoisotopic (exact) mass is 411 g/mol. The molecular weight excluding hydrogens is 386 g/mol. The van der Waals surface area contributed by atoms with Crippen LogP contribution in [-0.4, -0.2) is 47.8 Å². The third kappa shape index (κ3) is 6.33. The molecule has 2 heterocycles. The Bertz CT molecular complexity index is 1070. The minimum absolute atomic E-state index is 0.222. The summed E-state index contributed by atoms with van der Waals surface area (Å²) < 4.78 is 0. The van der Waals surface area contributed by atoms with Crippen LogP contribution in [0.15, 0.2) is 48.1 Å². The van der Waals surface area contributed by atoms with Crippen LogP contribution in [0.3, 0.4) is 0 Å². The van der Waals surface area contributed by atoms with Crippen LogP contribution >= 0.6 is 0 Å². The number of H-pyrrole nitrogens is 1. The second-order valence-electron chi connectivity index (χ2n) is 6.56. The van der Waals surface area contributed by atoms with Gasteiger partial charge in [-0.1, -0.05) is 24.6 Å². The van der Waals surface area contributed by atoms with E-state index in [4.69, 9.17) is 10.2 Å². The number of carboxylic acids is 1. The average Bonchev–Trinajstić information content (AvgIpc) is 3.18. The molecule has 0 bridgehead atoms. The number of anilines is 1. The third-order valence-corrected chi connectivity index (χ3v) is 4.00. The molecule has 9 heteroatoms. The van der Waals surface area contributed by atoms with E-state index >= 15 is 0 Å². The number of aromatic amines is 1. The van der Waals surface area contributed by atoms with Crippen molar-refractivity contribution in [3.05, 3.63) is 53.6 Å². The number of hydrogen-bond donors (Lipinski definition) is 5. The molecule has 1 aromatic carbocycles. The van der Waals surface area contributed by atoms with Crippen molar-refractivity contribution in [2.24, 2.45) is 0 Å². The van der Waals surface area contributed by atoms with E-state index in [1.165, 1.54) is 36.2 Å². The molecule has 2 aromatic heterocycles. The van der Waals surface area contributed by atoms with Crippen LogP contribution in [-0.2, 0) is 4.79 Å². The van der Waals surface area contributed by atoms with Crippen molar-refractivity contribution in [3.63, 3.8) is 0 Å². The van der Waals surface area contributed by atoms with E-state index in [1.807, 2.05) is 0 Å². The van der Waals surface area contributed by atoms with Crippen molar-refractivity contribution >= 4 is 29.0 Å². The van der Waals surface area contributed by atoms with Gasteiger partial charge < -0.3 is 25.6 Å². The number of allylic oxidation sites excluding steroid dienone is 1. The number of aromatic nitrogens is 4. The molecule has 0 aliphatic carbocycles. The lowest BCUT2D eigenvalue weighted by molar-refractivity contribution is -0.132. The summed E-state index contributed by atoms with van der Waals surface area (Å²) in [6.07, 6.45) is 7.09. The first kappa shape index (κ1) is 22.4. The van der Waals surface area contributed by atoms with Crippen molar-refractivity contribution in [2.45, 2.75) is 27.2 Å². The molecule has 9 nitrogen and oxygen atoms in total. The summed E-state index contributed by atoms with van der Waals surface area (Å²) in [6, 6.07) is 4.16. The molecule has 0 fully saturated rings. The molecule has 0 unspecified atom stereocenters. The van der Waals surface area contributed by atoms with Crippen LogP contribution in [0.1, 0.15) is 32.8 Å². The first-order valence-corrected chi connectivity index (χ1v) is 9.29. The van der Waals surface area contributed by atoms with Gasteiger partial charge in [-0.2, -0.15) is 0 Å². The predicted molar refractivity (Wildman–Crippen MR) is 115 cm³/mol. The van der Waals surface area contributed by atoms with E-state index in [0.717, 1.165) is 17.9 Å². The Morgan fingerprint density at radius 1 is 1.17 bits per heavy atom. The fourth-order valence-corrected chi connectivity index (χ4v) is 2.40. The van der Waals surface area contributed by atoms with E-state index in [0.29, 0.717) is 17.6 Å². The SMILES string of the molecule is CC(C)=CCNc1ncnc2nc[nH]c12.CC/C(=C\c1ccc(O)c(O)c1)C(=O)O. The Balaban J connectivity index is 0.000000214. The predicted octanol–water partition coefficient (Wildman–Crippen LogP) is 3.71. The van der Waals surface area contributed by atoms with E-state index in [9.17, 15) is 9.90 Å². The normalized spacial score (nSPS) is 10.8. The quantitative estimate of drug-likeness (QED) is 0.234. The molecule has 0 saturated heterocycles. The van der Waals surface area contributed by atoms with E-state index in [-0.39, 0.29) is 17.1 Å². The van der Waals surface area contributed by atoms with E-state index < -0.39 is 5.97 Å². The molecule has 0 atom stereocenters. The highest BCUT2D eigenvalue weighted by Crippen LogP contribution is 2.26. The zero-order valence-electron chi connectivity index (χ0n) is 17.0. The van der Waals surface area contributed by atoms with Gasteiger partial charge in [-0.05, 0) is 44.0 Å². The topological polar surface area (TPSA) is 144 Å². The summed E-state index contributed by atoms with van der Waals surface area (Å²) in [6.45, 7) is 6.62.